The molecular formula is C15H21NO4. The molecule has 3 unspecified atom stereocenters. The van der Waals surface area contributed by atoms with Gasteiger partial charge in [0.15, 0.2) is 6.10 Å². The van der Waals surface area contributed by atoms with Crippen LogP contribution in [-0.4, -0.2) is 34.7 Å². The first-order valence-electron chi connectivity index (χ1n) is 6.70. The largest absolute Gasteiger partial charge is 0.479 e. The first kappa shape index (κ1) is 16.2. The summed E-state index contributed by atoms with van der Waals surface area (Å²) in [7, 11) is 0. The minimum atomic E-state index is -1.58. The number of aliphatic carboxylic acids is 1. The highest BCUT2D eigenvalue weighted by molar-refractivity contribution is 5.84. The fourth-order valence-corrected chi connectivity index (χ4v) is 2.03. The molecule has 20 heavy (non-hydrogen) atoms. The van der Waals surface area contributed by atoms with Crippen LogP contribution in [0.5, 0.6) is 0 Å². The average Bonchev–Trinajstić information content (AvgIpc) is 2.45. The molecule has 1 aromatic rings. The molecule has 5 nitrogen and oxygen atoms in total. The minimum absolute atomic E-state index is 0.124. The van der Waals surface area contributed by atoms with Crippen molar-refractivity contribution in [2.75, 3.05) is 6.54 Å². The van der Waals surface area contributed by atoms with E-state index in [2.05, 4.69) is 5.32 Å². The van der Waals surface area contributed by atoms with Gasteiger partial charge in [-0.25, -0.2) is 4.79 Å². The number of carbonyl (C=O) groups is 2. The van der Waals surface area contributed by atoms with Gasteiger partial charge in [-0.15, -0.1) is 0 Å². The Hall–Kier alpha value is -1.88. The summed E-state index contributed by atoms with van der Waals surface area (Å²) in [6, 6.07) is 9.37. The van der Waals surface area contributed by atoms with Crippen molar-refractivity contribution in [3.8, 4) is 0 Å². The number of benzene rings is 1. The van der Waals surface area contributed by atoms with E-state index in [-0.39, 0.29) is 24.3 Å². The molecule has 110 valence electrons. The lowest BCUT2D eigenvalue weighted by atomic mass is 9.85. The SMILES string of the molecule is CCC(C)C(C(=O)NCC(O)C(=O)O)c1ccccc1. The van der Waals surface area contributed by atoms with Crippen LogP contribution in [0.4, 0.5) is 0 Å². The van der Waals surface area contributed by atoms with Gasteiger partial charge in [0, 0.05) is 0 Å². The van der Waals surface area contributed by atoms with Gasteiger partial charge in [-0.2, -0.15) is 0 Å². The van der Waals surface area contributed by atoms with Gasteiger partial charge in [0.25, 0.3) is 0 Å². The Morgan fingerprint density at radius 2 is 1.85 bits per heavy atom. The van der Waals surface area contributed by atoms with E-state index in [9.17, 15) is 14.7 Å². The summed E-state index contributed by atoms with van der Waals surface area (Å²) < 4.78 is 0. The zero-order valence-electron chi connectivity index (χ0n) is 11.7. The number of amides is 1. The molecule has 0 heterocycles. The molecule has 0 bridgehead atoms. The highest BCUT2D eigenvalue weighted by Crippen LogP contribution is 2.27. The van der Waals surface area contributed by atoms with E-state index >= 15 is 0 Å². The second-order valence-corrected chi connectivity index (χ2v) is 4.87. The lowest BCUT2D eigenvalue weighted by molar-refractivity contribution is -0.146. The quantitative estimate of drug-likeness (QED) is 0.703. The molecule has 0 spiro atoms. The molecule has 0 aliphatic rings. The third-order valence-corrected chi connectivity index (χ3v) is 3.41. The van der Waals surface area contributed by atoms with Gasteiger partial charge >= 0.3 is 5.97 Å². The Balaban J connectivity index is 2.79. The van der Waals surface area contributed by atoms with Crippen LogP contribution in [0.3, 0.4) is 0 Å². The molecule has 1 rings (SSSR count). The maximum Gasteiger partial charge on any atom is 0.334 e. The van der Waals surface area contributed by atoms with Gasteiger partial charge in [0.2, 0.25) is 5.91 Å². The molecule has 0 aliphatic carbocycles. The second kappa shape index (κ2) is 7.65. The number of hydrogen-bond acceptors (Lipinski definition) is 3. The van der Waals surface area contributed by atoms with Crippen molar-refractivity contribution >= 4 is 11.9 Å². The Labute approximate surface area is 118 Å². The van der Waals surface area contributed by atoms with Crippen LogP contribution in [0.15, 0.2) is 30.3 Å². The average molecular weight is 279 g/mol. The van der Waals surface area contributed by atoms with Crippen molar-refractivity contribution in [3.05, 3.63) is 35.9 Å². The van der Waals surface area contributed by atoms with E-state index in [0.29, 0.717) is 0 Å². The maximum absolute atomic E-state index is 12.3. The number of carbonyl (C=O) groups excluding carboxylic acids is 1. The van der Waals surface area contributed by atoms with Gasteiger partial charge in [-0.05, 0) is 11.5 Å². The third kappa shape index (κ3) is 4.35. The zero-order valence-corrected chi connectivity index (χ0v) is 11.7. The van der Waals surface area contributed by atoms with E-state index in [1.165, 1.54) is 0 Å². The van der Waals surface area contributed by atoms with Crippen LogP contribution >= 0.6 is 0 Å². The molecule has 0 saturated heterocycles. The van der Waals surface area contributed by atoms with Gasteiger partial charge in [-0.1, -0.05) is 50.6 Å². The number of carboxylic acid groups (broad SMARTS) is 1. The first-order valence-corrected chi connectivity index (χ1v) is 6.70. The monoisotopic (exact) mass is 279 g/mol. The van der Waals surface area contributed by atoms with Crippen molar-refractivity contribution in [2.45, 2.75) is 32.3 Å². The van der Waals surface area contributed by atoms with Crippen LogP contribution < -0.4 is 5.32 Å². The summed E-state index contributed by atoms with van der Waals surface area (Å²) in [6.45, 7) is 3.69. The van der Waals surface area contributed by atoms with Crippen molar-refractivity contribution in [1.29, 1.82) is 0 Å². The summed E-state index contributed by atoms with van der Waals surface area (Å²) in [6.07, 6.45) is -0.749. The number of hydrogen-bond donors (Lipinski definition) is 3. The molecule has 1 aromatic carbocycles. The molecule has 5 heteroatoms. The van der Waals surface area contributed by atoms with E-state index in [0.717, 1.165) is 12.0 Å². The summed E-state index contributed by atoms with van der Waals surface area (Å²) >= 11 is 0. The normalized spacial score (nSPS) is 15.2. The van der Waals surface area contributed by atoms with E-state index in [4.69, 9.17) is 5.11 Å². The van der Waals surface area contributed by atoms with Gasteiger partial charge < -0.3 is 15.5 Å². The molecule has 0 aromatic heterocycles. The van der Waals surface area contributed by atoms with Gasteiger partial charge in [0.1, 0.15) is 0 Å². The van der Waals surface area contributed by atoms with Crippen molar-refractivity contribution in [3.63, 3.8) is 0 Å². The summed E-state index contributed by atoms with van der Waals surface area (Å²) in [5, 5.41) is 20.3. The van der Waals surface area contributed by atoms with Crippen molar-refractivity contribution in [2.24, 2.45) is 5.92 Å². The summed E-state index contributed by atoms with van der Waals surface area (Å²) in [5.74, 6) is -1.82. The highest BCUT2D eigenvalue weighted by atomic mass is 16.4. The predicted molar refractivity (Wildman–Crippen MR) is 75.3 cm³/mol. The molecular weight excluding hydrogens is 258 g/mol. The molecule has 1 amide bonds. The summed E-state index contributed by atoms with van der Waals surface area (Å²) in [5.41, 5.74) is 0.893. The van der Waals surface area contributed by atoms with Crippen LogP contribution in [-0.2, 0) is 9.59 Å². The molecule has 3 N–H and O–H groups in total. The highest BCUT2D eigenvalue weighted by Gasteiger charge is 2.26. The fraction of sp³-hybridized carbons (Fsp3) is 0.467. The predicted octanol–water partition coefficient (Wildman–Crippen LogP) is 1.38. The molecule has 0 saturated carbocycles. The van der Waals surface area contributed by atoms with Crippen molar-refractivity contribution < 1.29 is 19.8 Å². The van der Waals surface area contributed by atoms with Gasteiger partial charge in [0.05, 0.1) is 12.5 Å². The molecule has 0 aliphatic heterocycles. The zero-order chi connectivity index (χ0) is 15.1. The number of aliphatic hydroxyl groups excluding tert-OH is 1. The van der Waals surface area contributed by atoms with Gasteiger partial charge in [-0.3, -0.25) is 4.79 Å². The Bertz CT molecular complexity index is 446. The van der Waals surface area contributed by atoms with Crippen LogP contribution in [0, 0.1) is 5.92 Å². The number of nitrogens with one attached hydrogen (secondary N) is 1. The van der Waals surface area contributed by atoms with Crippen LogP contribution in [0.1, 0.15) is 31.7 Å². The minimum Gasteiger partial charge on any atom is -0.479 e. The maximum atomic E-state index is 12.3. The number of carboxylic acids is 1. The Kier molecular flexibility index (Phi) is 6.18. The number of aliphatic hydroxyl groups is 1. The third-order valence-electron chi connectivity index (χ3n) is 3.41. The molecule has 0 fully saturated rings. The topological polar surface area (TPSA) is 86.6 Å². The van der Waals surface area contributed by atoms with Crippen molar-refractivity contribution in [1.82, 2.24) is 5.32 Å². The standard InChI is InChI=1S/C15H21NO4/c1-3-10(2)13(11-7-5-4-6-8-11)14(18)16-9-12(17)15(19)20/h4-8,10,12-13,17H,3,9H2,1-2H3,(H,16,18)(H,19,20). The van der Waals surface area contributed by atoms with E-state index in [1.807, 2.05) is 44.2 Å². The van der Waals surface area contributed by atoms with Crippen LogP contribution in [0.2, 0.25) is 0 Å². The Morgan fingerprint density at radius 3 is 2.35 bits per heavy atom. The van der Waals surface area contributed by atoms with E-state index in [1.54, 1.807) is 0 Å². The van der Waals surface area contributed by atoms with E-state index < -0.39 is 12.1 Å². The molecule has 0 radical (unpaired) electrons. The molecule has 3 atom stereocenters. The summed E-state index contributed by atoms with van der Waals surface area (Å²) in [4.78, 5) is 22.8. The second-order valence-electron chi connectivity index (χ2n) is 4.87. The Morgan fingerprint density at radius 1 is 1.25 bits per heavy atom. The van der Waals surface area contributed by atoms with Crippen LogP contribution in [0.25, 0.3) is 0 Å². The lowest BCUT2D eigenvalue weighted by Crippen LogP contribution is -2.40. The first-order chi connectivity index (χ1) is 9.47. The number of rotatable bonds is 7. The lowest BCUT2D eigenvalue weighted by Gasteiger charge is -2.23. The smallest absolute Gasteiger partial charge is 0.334 e. The fourth-order valence-electron chi connectivity index (χ4n) is 2.03.